The van der Waals surface area contributed by atoms with Crippen molar-refractivity contribution in [1.29, 1.82) is 0 Å². The number of hydrogen-bond acceptors (Lipinski definition) is 4. The number of phenols is 1. The first-order valence-corrected chi connectivity index (χ1v) is 13.0. The van der Waals surface area contributed by atoms with Gasteiger partial charge in [-0.05, 0) is 71.3 Å². The summed E-state index contributed by atoms with van der Waals surface area (Å²) in [7, 11) is 1.63. The monoisotopic (exact) mass is 554 g/mol. The normalized spacial score (nSPS) is 11.4. The Balaban J connectivity index is 1.72. The Bertz CT molecular complexity index is 1370. The molecule has 4 aromatic rings. The summed E-state index contributed by atoms with van der Waals surface area (Å²) in [5.41, 5.74) is 2.86. The van der Waals surface area contributed by atoms with Crippen LogP contribution in [-0.2, 0) is 19.6 Å². The van der Waals surface area contributed by atoms with Crippen LogP contribution in [0.5, 0.6) is 11.5 Å². The van der Waals surface area contributed by atoms with E-state index >= 15 is 0 Å². The lowest BCUT2D eigenvalue weighted by Crippen LogP contribution is -2.28. The Morgan fingerprint density at radius 2 is 1.54 bits per heavy atom. The van der Waals surface area contributed by atoms with Gasteiger partial charge in [-0.1, -0.05) is 71.4 Å². The molecule has 0 aromatic heterocycles. The molecule has 0 aliphatic carbocycles. The van der Waals surface area contributed by atoms with E-state index in [2.05, 4.69) is 4.90 Å². The molecule has 4 nitrogen and oxygen atoms in total. The van der Waals surface area contributed by atoms with Crippen molar-refractivity contribution in [2.75, 3.05) is 7.11 Å². The molecule has 0 atom stereocenters. The van der Waals surface area contributed by atoms with Gasteiger partial charge in [0.25, 0.3) is 0 Å². The Labute approximate surface area is 230 Å². The summed E-state index contributed by atoms with van der Waals surface area (Å²) in [6.45, 7) is 1.41. The van der Waals surface area contributed by atoms with Crippen molar-refractivity contribution in [1.82, 2.24) is 4.90 Å². The quantitative estimate of drug-likeness (QED) is 0.135. The van der Waals surface area contributed by atoms with Crippen LogP contribution < -0.4 is 4.74 Å². The Kier molecular flexibility index (Phi) is 9.34. The van der Waals surface area contributed by atoms with E-state index in [1.165, 1.54) is 23.9 Å². The summed E-state index contributed by atoms with van der Waals surface area (Å²) in [5, 5.41) is 11.5. The number of methoxy groups -OCH3 is 1. The minimum atomic E-state index is -0.285. The van der Waals surface area contributed by atoms with E-state index in [-0.39, 0.29) is 11.6 Å². The smallest absolute Gasteiger partial charge is 0.165 e. The van der Waals surface area contributed by atoms with Crippen molar-refractivity contribution < 1.29 is 14.2 Å². The Hall–Kier alpha value is -3.19. The molecular formula is C29H25Cl2FN2O2S. The van der Waals surface area contributed by atoms with Crippen LogP contribution in [0, 0.1) is 5.82 Å². The van der Waals surface area contributed by atoms with E-state index in [0.717, 1.165) is 32.5 Å². The molecule has 0 spiro atoms. The summed E-state index contributed by atoms with van der Waals surface area (Å²) in [5.74, 6) is 0.667. The van der Waals surface area contributed by atoms with Crippen molar-refractivity contribution in [2.24, 2.45) is 4.99 Å². The molecule has 0 unspecified atom stereocenters. The second-order valence-electron chi connectivity index (χ2n) is 8.28. The van der Waals surface area contributed by atoms with Crippen LogP contribution in [0.4, 0.5) is 4.39 Å². The maximum atomic E-state index is 13.4. The lowest BCUT2D eigenvalue weighted by atomic mass is 10.1. The fourth-order valence-electron chi connectivity index (χ4n) is 3.59. The number of hydrogen-bond donors (Lipinski definition) is 1. The minimum Gasteiger partial charge on any atom is -0.508 e. The van der Waals surface area contributed by atoms with Gasteiger partial charge in [0.05, 0.1) is 23.7 Å². The van der Waals surface area contributed by atoms with Gasteiger partial charge in [0.1, 0.15) is 17.3 Å². The summed E-state index contributed by atoms with van der Waals surface area (Å²) >= 11 is 14.0. The van der Waals surface area contributed by atoms with Crippen molar-refractivity contribution in [3.63, 3.8) is 0 Å². The van der Waals surface area contributed by atoms with Gasteiger partial charge in [-0.3, -0.25) is 4.99 Å². The number of thioether (sulfide) groups is 1. The molecular weight excluding hydrogens is 530 g/mol. The van der Waals surface area contributed by atoms with Gasteiger partial charge < -0.3 is 14.7 Å². The van der Waals surface area contributed by atoms with Gasteiger partial charge >= 0.3 is 0 Å². The molecule has 37 heavy (non-hydrogen) atoms. The van der Waals surface area contributed by atoms with Gasteiger partial charge in [-0.15, -0.1) is 0 Å². The zero-order valence-corrected chi connectivity index (χ0v) is 22.4. The number of halogens is 3. The van der Waals surface area contributed by atoms with Gasteiger partial charge in [-0.2, -0.15) is 0 Å². The van der Waals surface area contributed by atoms with Crippen LogP contribution in [0.2, 0.25) is 10.0 Å². The number of amidine groups is 1. The largest absolute Gasteiger partial charge is 0.508 e. The molecule has 1 N–H and O–H groups in total. The van der Waals surface area contributed by atoms with E-state index < -0.39 is 0 Å². The van der Waals surface area contributed by atoms with Gasteiger partial charge in [0.2, 0.25) is 0 Å². The van der Waals surface area contributed by atoms with Crippen molar-refractivity contribution in [3.8, 4) is 11.5 Å². The van der Waals surface area contributed by atoms with Gasteiger partial charge in [-0.25, -0.2) is 4.39 Å². The fraction of sp³-hybridized carbons (Fsp3) is 0.138. The van der Waals surface area contributed by atoms with Crippen molar-refractivity contribution >= 4 is 40.1 Å². The number of aromatic hydroxyl groups is 1. The molecule has 0 aliphatic rings. The third-order valence-electron chi connectivity index (χ3n) is 5.50. The summed E-state index contributed by atoms with van der Waals surface area (Å²) < 4.78 is 18.9. The molecule has 0 amide bonds. The summed E-state index contributed by atoms with van der Waals surface area (Å²) in [6, 6.07) is 26.8. The van der Waals surface area contributed by atoms with Crippen LogP contribution in [0.3, 0.4) is 0 Å². The number of ether oxygens (including phenoxy) is 1. The first-order valence-electron chi connectivity index (χ1n) is 11.5. The number of benzene rings is 4. The van der Waals surface area contributed by atoms with E-state index in [1.54, 1.807) is 37.4 Å². The molecule has 0 aliphatic heterocycles. The van der Waals surface area contributed by atoms with E-state index in [4.69, 9.17) is 32.9 Å². The average molecular weight is 556 g/mol. The molecule has 0 saturated carbocycles. The molecule has 0 fully saturated rings. The van der Waals surface area contributed by atoms with Crippen LogP contribution in [-0.4, -0.2) is 22.3 Å². The number of aliphatic imine (C=N–C) groups is 1. The molecule has 8 heteroatoms. The highest BCUT2D eigenvalue weighted by Gasteiger charge is 2.16. The van der Waals surface area contributed by atoms with Crippen molar-refractivity contribution in [2.45, 2.75) is 24.5 Å². The van der Waals surface area contributed by atoms with Gasteiger partial charge in [0.15, 0.2) is 5.17 Å². The third-order valence-corrected chi connectivity index (χ3v) is 7.30. The molecule has 190 valence electrons. The van der Waals surface area contributed by atoms with E-state index in [1.807, 2.05) is 48.5 Å². The molecule has 0 heterocycles. The first-order chi connectivity index (χ1) is 17.9. The van der Waals surface area contributed by atoms with Crippen LogP contribution in [0.15, 0.2) is 101 Å². The van der Waals surface area contributed by atoms with Crippen molar-refractivity contribution in [3.05, 3.63) is 124 Å². The topological polar surface area (TPSA) is 45.1 Å². The second-order valence-corrected chi connectivity index (χ2v) is 10.1. The predicted octanol–water partition coefficient (Wildman–Crippen LogP) is 8.20. The zero-order chi connectivity index (χ0) is 26.2. The fourth-order valence-corrected chi connectivity index (χ4v) is 4.83. The molecule has 0 radical (unpaired) electrons. The molecule has 0 bridgehead atoms. The maximum Gasteiger partial charge on any atom is 0.165 e. The average Bonchev–Trinajstić information content (AvgIpc) is 2.90. The Morgan fingerprint density at radius 3 is 2.24 bits per heavy atom. The third kappa shape index (κ3) is 7.89. The number of rotatable bonds is 8. The van der Waals surface area contributed by atoms with Crippen LogP contribution in [0.25, 0.3) is 0 Å². The molecule has 4 aromatic carbocycles. The molecule has 0 saturated heterocycles. The second kappa shape index (κ2) is 12.9. The number of phenolic OH excluding ortho intramolecular Hbond substituents is 1. The van der Waals surface area contributed by atoms with Gasteiger partial charge in [0, 0.05) is 18.0 Å². The standard InChI is InChI=1S/C29H25Cl2FN2O2S/c1-36-25-3-2-4-26(16-25)37-29(33-17-20-5-10-23(32)11-6-20)34(18-21-7-12-24(35)13-8-21)19-22-9-14-27(30)28(31)15-22/h2-16,35H,17-19H2,1H3. The Morgan fingerprint density at radius 1 is 0.865 bits per heavy atom. The van der Waals surface area contributed by atoms with E-state index in [9.17, 15) is 9.50 Å². The lowest BCUT2D eigenvalue weighted by Gasteiger charge is -2.26. The minimum absolute atomic E-state index is 0.204. The summed E-state index contributed by atoms with van der Waals surface area (Å²) in [6.07, 6.45) is 0. The first kappa shape index (κ1) is 26.9. The highest BCUT2D eigenvalue weighted by molar-refractivity contribution is 8.13. The maximum absolute atomic E-state index is 13.4. The zero-order valence-electron chi connectivity index (χ0n) is 20.1. The predicted molar refractivity (Wildman–Crippen MR) is 150 cm³/mol. The number of nitrogens with zero attached hydrogens (tertiary/aromatic N) is 2. The SMILES string of the molecule is COc1cccc(SC(=NCc2ccc(F)cc2)N(Cc2ccc(O)cc2)Cc2ccc(Cl)c(Cl)c2)c1. The van der Waals surface area contributed by atoms with Crippen LogP contribution >= 0.6 is 35.0 Å². The lowest BCUT2D eigenvalue weighted by molar-refractivity contribution is 0.412. The molecule has 4 rings (SSSR count). The highest BCUT2D eigenvalue weighted by Crippen LogP contribution is 2.29. The summed E-state index contributed by atoms with van der Waals surface area (Å²) in [4.78, 5) is 8.06. The highest BCUT2D eigenvalue weighted by atomic mass is 35.5. The van der Waals surface area contributed by atoms with Crippen LogP contribution in [0.1, 0.15) is 16.7 Å². The van der Waals surface area contributed by atoms with E-state index in [0.29, 0.717) is 29.7 Å².